The van der Waals surface area contributed by atoms with Gasteiger partial charge >= 0.3 is 0 Å². The number of nitrogens with two attached hydrogens (primary N) is 1. The van der Waals surface area contributed by atoms with E-state index in [-0.39, 0.29) is 12.5 Å². The van der Waals surface area contributed by atoms with Crippen molar-refractivity contribution < 1.29 is 4.39 Å². The first-order valence-corrected chi connectivity index (χ1v) is 5.66. The van der Waals surface area contributed by atoms with Crippen LogP contribution in [-0.2, 0) is 6.42 Å². The fourth-order valence-corrected chi connectivity index (χ4v) is 2.13. The molecule has 0 saturated heterocycles. The minimum Gasteiger partial charge on any atom is -0.328 e. The Balaban J connectivity index is 2.75. The zero-order chi connectivity index (χ0) is 10.8. The largest absolute Gasteiger partial charge is 0.328 e. The molecule has 1 rings (SSSR count). The molecule has 0 saturated carbocycles. The fourth-order valence-electron chi connectivity index (χ4n) is 1.25. The number of rotatable bonds is 4. The summed E-state index contributed by atoms with van der Waals surface area (Å²) in [6, 6.07) is 0. The number of alkyl halides is 1. The molecule has 1 aromatic rings. The molecule has 1 unspecified atom stereocenters. The predicted molar refractivity (Wildman–Crippen MR) is 58.3 cm³/mol. The van der Waals surface area contributed by atoms with Gasteiger partial charge in [0.2, 0.25) is 0 Å². The molecule has 1 aromatic heterocycles. The molecule has 0 aliphatic heterocycles. The molecule has 0 aliphatic rings. The molecule has 0 amide bonds. The molecule has 0 bridgehead atoms. The van der Waals surface area contributed by atoms with Gasteiger partial charge in [-0.3, -0.25) is 0 Å². The lowest BCUT2D eigenvalue weighted by Gasteiger charge is -2.26. The van der Waals surface area contributed by atoms with E-state index in [1.807, 2.05) is 26.2 Å². The molecular formula is C10H17FN2S. The van der Waals surface area contributed by atoms with Crippen LogP contribution < -0.4 is 5.73 Å². The molecule has 0 aromatic carbocycles. The van der Waals surface area contributed by atoms with Crippen molar-refractivity contribution in [1.29, 1.82) is 0 Å². The Kier molecular flexibility index (Phi) is 3.61. The van der Waals surface area contributed by atoms with Gasteiger partial charge < -0.3 is 5.73 Å². The van der Waals surface area contributed by atoms with Crippen LogP contribution in [0, 0.1) is 12.8 Å². The SMILES string of the molecule is Cc1csc(CC(F)(CN)C(C)C)n1. The third-order valence-electron chi connectivity index (χ3n) is 2.49. The first kappa shape index (κ1) is 11.6. The molecule has 0 fully saturated rings. The van der Waals surface area contributed by atoms with Crippen molar-refractivity contribution in [2.75, 3.05) is 6.54 Å². The van der Waals surface area contributed by atoms with Gasteiger partial charge in [-0.15, -0.1) is 11.3 Å². The van der Waals surface area contributed by atoms with Crippen LogP contribution in [0.2, 0.25) is 0 Å². The zero-order valence-electron chi connectivity index (χ0n) is 8.88. The summed E-state index contributed by atoms with van der Waals surface area (Å²) >= 11 is 1.50. The van der Waals surface area contributed by atoms with Gasteiger partial charge in [0.05, 0.1) is 5.01 Å². The van der Waals surface area contributed by atoms with E-state index in [1.54, 1.807) is 0 Å². The van der Waals surface area contributed by atoms with E-state index >= 15 is 0 Å². The highest BCUT2D eigenvalue weighted by Gasteiger charge is 2.33. The third-order valence-corrected chi connectivity index (χ3v) is 3.45. The monoisotopic (exact) mass is 216 g/mol. The highest BCUT2D eigenvalue weighted by atomic mass is 32.1. The summed E-state index contributed by atoms with van der Waals surface area (Å²) in [4.78, 5) is 4.25. The van der Waals surface area contributed by atoms with Crippen LogP contribution in [-0.4, -0.2) is 17.2 Å². The molecule has 2 nitrogen and oxygen atoms in total. The minimum absolute atomic E-state index is 0.0588. The number of thiazole rings is 1. The summed E-state index contributed by atoms with van der Waals surface area (Å²) in [5, 5.41) is 2.77. The lowest BCUT2D eigenvalue weighted by atomic mass is 9.89. The van der Waals surface area contributed by atoms with Gasteiger partial charge in [0, 0.05) is 24.0 Å². The fraction of sp³-hybridized carbons (Fsp3) is 0.700. The molecule has 14 heavy (non-hydrogen) atoms. The van der Waals surface area contributed by atoms with E-state index in [2.05, 4.69) is 4.98 Å². The highest BCUT2D eigenvalue weighted by molar-refractivity contribution is 7.09. The smallest absolute Gasteiger partial charge is 0.131 e. The number of hydrogen-bond acceptors (Lipinski definition) is 3. The second kappa shape index (κ2) is 4.36. The lowest BCUT2D eigenvalue weighted by Crippen LogP contribution is -2.40. The lowest BCUT2D eigenvalue weighted by molar-refractivity contribution is 0.110. The number of nitrogens with zero attached hydrogens (tertiary/aromatic N) is 1. The van der Waals surface area contributed by atoms with Crippen molar-refractivity contribution in [3.05, 3.63) is 16.1 Å². The van der Waals surface area contributed by atoms with Gasteiger partial charge in [0.15, 0.2) is 0 Å². The molecule has 2 N–H and O–H groups in total. The van der Waals surface area contributed by atoms with E-state index in [1.165, 1.54) is 11.3 Å². The summed E-state index contributed by atoms with van der Waals surface area (Å²) in [5.41, 5.74) is 5.10. The van der Waals surface area contributed by atoms with Gasteiger partial charge in [-0.2, -0.15) is 0 Å². The van der Waals surface area contributed by atoms with Crippen molar-refractivity contribution in [2.45, 2.75) is 32.9 Å². The van der Waals surface area contributed by atoms with Crippen molar-refractivity contribution in [3.8, 4) is 0 Å². The van der Waals surface area contributed by atoms with E-state index in [0.717, 1.165) is 10.7 Å². The van der Waals surface area contributed by atoms with E-state index in [4.69, 9.17) is 5.73 Å². The zero-order valence-corrected chi connectivity index (χ0v) is 9.70. The first-order valence-electron chi connectivity index (χ1n) is 4.78. The topological polar surface area (TPSA) is 38.9 Å². The summed E-state index contributed by atoms with van der Waals surface area (Å²) in [5.74, 6) is -0.0725. The average Bonchev–Trinajstić information content (AvgIpc) is 2.50. The Morgan fingerprint density at radius 2 is 2.29 bits per heavy atom. The molecule has 1 atom stereocenters. The molecule has 0 spiro atoms. The maximum atomic E-state index is 14.2. The normalized spacial score (nSPS) is 15.9. The second-order valence-corrected chi connectivity index (χ2v) is 4.90. The van der Waals surface area contributed by atoms with Gasteiger partial charge in [0.1, 0.15) is 5.67 Å². The van der Waals surface area contributed by atoms with Crippen LogP contribution in [0.5, 0.6) is 0 Å². The molecule has 0 radical (unpaired) electrons. The number of halogens is 1. The van der Waals surface area contributed by atoms with Crippen LogP contribution in [0.25, 0.3) is 0 Å². The minimum atomic E-state index is -1.32. The van der Waals surface area contributed by atoms with Gasteiger partial charge in [-0.05, 0) is 12.8 Å². The van der Waals surface area contributed by atoms with Crippen LogP contribution >= 0.6 is 11.3 Å². The molecular weight excluding hydrogens is 199 g/mol. The maximum Gasteiger partial charge on any atom is 0.131 e. The summed E-state index contributed by atoms with van der Waals surface area (Å²) in [7, 11) is 0. The van der Waals surface area contributed by atoms with Gasteiger partial charge in [-0.1, -0.05) is 13.8 Å². The van der Waals surface area contributed by atoms with Crippen LogP contribution in [0.3, 0.4) is 0 Å². The Hall–Kier alpha value is -0.480. The van der Waals surface area contributed by atoms with Crippen molar-refractivity contribution in [2.24, 2.45) is 11.7 Å². The van der Waals surface area contributed by atoms with Crippen molar-refractivity contribution in [3.63, 3.8) is 0 Å². The van der Waals surface area contributed by atoms with E-state index < -0.39 is 5.67 Å². The van der Waals surface area contributed by atoms with Crippen LogP contribution in [0.15, 0.2) is 5.38 Å². The average molecular weight is 216 g/mol. The summed E-state index contributed by atoms with van der Waals surface area (Å²) in [6.45, 7) is 5.68. The molecule has 4 heteroatoms. The van der Waals surface area contributed by atoms with Gasteiger partial charge in [-0.25, -0.2) is 9.37 Å². The Morgan fingerprint density at radius 3 is 2.64 bits per heavy atom. The van der Waals surface area contributed by atoms with E-state index in [9.17, 15) is 4.39 Å². The highest BCUT2D eigenvalue weighted by Crippen LogP contribution is 2.27. The Labute approximate surface area is 88.4 Å². The molecule has 80 valence electrons. The number of aryl methyl sites for hydroxylation is 1. The van der Waals surface area contributed by atoms with Crippen molar-refractivity contribution >= 4 is 11.3 Å². The predicted octanol–water partition coefficient (Wildman–Crippen LogP) is 2.32. The molecule has 0 aliphatic carbocycles. The number of aromatic nitrogens is 1. The van der Waals surface area contributed by atoms with Crippen molar-refractivity contribution in [1.82, 2.24) is 4.98 Å². The number of hydrogen-bond donors (Lipinski definition) is 1. The standard InChI is InChI=1S/C10H17FN2S/c1-7(2)10(11,6-12)4-9-13-8(3)5-14-9/h5,7H,4,6,12H2,1-3H3. The van der Waals surface area contributed by atoms with E-state index in [0.29, 0.717) is 6.42 Å². The maximum absolute atomic E-state index is 14.2. The quantitative estimate of drug-likeness (QED) is 0.839. The summed E-state index contributed by atoms with van der Waals surface area (Å²) < 4.78 is 14.2. The first-order chi connectivity index (χ1) is 6.48. The Bertz CT molecular complexity index is 298. The summed E-state index contributed by atoms with van der Waals surface area (Å²) in [6.07, 6.45) is 0.333. The molecule has 1 heterocycles. The van der Waals surface area contributed by atoms with Crippen LogP contribution in [0.4, 0.5) is 4.39 Å². The van der Waals surface area contributed by atoms with Crippen LogP contribution in [0.1, 0.15) is 24.5 Å². The Morgan fingerprint density at radius 1 is 1.64 bits per heavy atom. The second-order valence-electron chi connectivity index (χ2n) is 3.95. The van der Waals surface area contributed by atoms with Gasteiger partial charge in [0.25, 0.3) is 0 Å². The third kappa shape index (κ3) is 2.51.